The molecule has 1 aliphatic rings. The first-order valence-corrected chi connectivity index (χ1v) is 9.85. The number of ether oxygens (including phenoxy) is 1. The van der Waals surface area contributed by atoms with E-state index in [1.807, 2.05) is 12.3 Å². The zero-order valence-corrected chi connectivity index (χ0v) is 16.9. The van der Waals surface area contributed by atoms with Gasteiger partial charge in [-0.2, -0.15) is 0 Å². The van der Waals surface area contributed by atoms with Gasteiger partial charge in [-0.25, -0.2) is 14.2 Å². The predicted octanol–water partition coefficient (Wildman–Crippen LogP) is 3.81. The van der Waals surface area contributed by atoms with Gasteiger partial charge in [-0.05, 0) is 37.1 Å². The van der Waals surface area contributed by atoms with Crippen molar-refractivity contribution in [2.75, 3.05) is 12.4 Å². The first-order chi connectivity index (χ1) is 12.4. The molecule has 5 nitrogen and oxygen atoms in total. The third kappa shape index (κ3) is 3.57. The number of nitrogens with one attached hydrogen (secondary N) is 1. The Labute approximate surface area is 163 Å². The zero-order chi connectivity index (χ0) is 18.8. The van der Waals surface area contributed by atoms with Gasteiger partial charge in [0.2, 0.25) is 0 Å². The smallest absolute Gasteiger partial charge is 0.338 e. The SMILES string of the molecule is COC(=O)C1=C(CBr)NC(c2nc(C)cs2)=NC1c1ccc(F)cc1C. The van der Waals surface area contributed by atoms with Crippen molar-refractivity contribution in [1.29, 1.82) is 0 Å². The Morgan fingerprint density at radius 3 is 2.77 bits per heavy atom. The molecule has 1 aliphatic heterocycles. The maximum atomic E-state index is 13.6. The number of aryl methyl sites for hydroxylation is 2. The van der Waals surface area contributed by atoms with Crippen LogP contribution in [0.25, 0.3) is 0 Å². The molecule has 0 saturated carbocycles. The van der Waals surface area contributed by atoms with Crippen molar-refractivity contribution in [1.82, 2.24) is 10.3 Å². The summed E-state index contributed by atoms with van der Waals surface area (Å²) in [5.41, 5.74) is 3.41. The predicted molar refractivity (Wildman–Crippen MR) is 103 cm³/mol. The highest BCUT2D eigenvalue weighted by Crippen LogP contribution is 2.35. The molecular formula is C18H17BrFN3O2S. The van der Waals surface area contributed by atoms with Crippen molar-refractivity contribution < 1.29 is 13.9 Å². The second kappa shape index (κ2) is 7.67. The van der Waals surface area contributed by atoms with Crippen LogP contribution < -0.4 is 5.32 Å². The standard InChI is InChI=1S/C18H17BrFN3O2S/c1-9-6-11(20)4-5-12(9)15-14(18(24)25-3)13(7-19)22-16(23-15)17-21-10(2)8-26-17/h4-6,8,15H,7H2,1-3H3,(H,22,23). The van der Waals surface area contributed by atoms with Crippen LogP contribution in [0.1, 0.15) is 27.9 Å². The topological polar surface area (TPSA) is 63.6 Å². The van der Waals surface area contributed by atoms with Gasteiger partial charge in [0.1, 0.15) is 11.9 Å². The van der Waals surface area contributed by atoms with Crippen molar-refractivity contribution in [3.05, 3.63) is 62.5 Å². The summed E-state index contributed by atoms with van der Waals surface area (Å²) >= 11 is 4.89. The average Bonchev–Trinajstić information content (AvgIpc) is 3.06. The van der Waals surface area contributed by atoms with Gasteiger partial charge in [0.15, 0.2) is 10.8 Å². The monoisotopic (exact) mass is 437 g/mol. The summed E-state index contributed by atoms with van der Waals surface area (Å²) in [6.07, 6.45) is 0. The lowest BCUT2D eigenvalue weighted by atomic mass is 9.93. The zero-order valence-electron chi connectivity index (χ0n) is 14.5. The molecule has 0 saturated heterocycles. The minimum Gasteiger partial charge on any atom is -0.466 e. The molecule has 0 fully saturated rings. The van der Waals surface area contributed by atoms with Crippen LogP contribution in [0.3, 0.4) is 0 Å². The number of halogens is 2. The number of alkyl halides is 1. The van der Waals surface area contributed by atoms with E-state index < -0.39 is 12.0 Å². The van der Waals surface area contributed by atoms with E-state index in [0.29, 0.717) is 28.0 Å². The number of thiazole rings is 1. The molecule has 1 aromatic carbocycles. The number of rotatable bonds is 4. The van der Waals surface area contributed by atoms with Crippen LogP contribution in [0.15, 0.2) is 39.8 Å². The number of aromatic nitrogens is 1. The molecular weight excluding hydrogens is 421 g/mol. The molecule has 136 valence electrons. The molecule has 3 rings (SSSR count). The Morgan fingerprint density at radius 1 is 1.42 bits per heavy atom. The van der Waals surface area contributed by atoms with E-state index in [-0.39, 0.29) is 5.82 Å². The third-order valence-corrected chi connectivity index (χ3v) is 5.54. The Balaban J connectivity index is 2.17. The summed E-state index contributed by atoms with van der Waals surface area (Å²) in [7, 11) is 1.33. The van der Waals surface area contributed by atoms with Gasteiger partial charge in [-0.1, -0.05) is 22.0 Å². The normalized spacial score (nSPS) is 17.0. The fraction of sp³-hybridized carbons (Fsp3) is 0.278. The molecule has 26 heavy (non-hydrogen) atoms. The van der Waals surface area contributed by atoms with E-state index in [1.54, 1.807) is 13.0 Å². The minimum atomic E-state index is -0.601. The van der Waals surface area contributed by atoms with Crippen molar-refractivity contribution in [3.8, 4) is 0 Å². The van der Waals surface area contributed by atoms with Gasteiger partial charge < -0.3 is 10.1 Å². The number of carbonyl (C=O) groups excluding carboxylic acids is 1. The van der Waals surface area contributed by atoms with Gasteiger partial charge in [0, 0.05) is 22.1 Å². The van der Waals surface area contributed by atoms with Crippen LogP contribution in [0.4, 0.5) is 4.39 Å². The van der Waals surface area contributed by atoms with Gasteiger partial charge in [0.05, 0.1) is 12.7 Å². The Hall–Kier alpha value is -2.06. The Kier molecular flexibility index (Phi) is 5.52. The molecule has 2 heterocycles. The van der Waals surface area contributed by atoms with Crippen LogP contribution in [0.2, 0.25) is 0 Å². The number of amidine groups is 1. The van der Waals surface area contributed by atoms with E-state index in [4.69, 9.17) is 9.73 Å². The number of allylic oxidation sites excluding steroid dienone is 1. The second-order valence-corrected chi connectivity index (χ2v) is 7.24. The van der Waals surface area contributed by atoms with Gasteiger partial charge in [0.25, 0.3) is 0 Å². The average molecular weight is 438 g/mol. The first-order valence-electron chi connectivity index (χ1n) is 7.85. The molecule has 0 radical (unpaired) electrons. The van der Waals surface area contributed by atoms with Gasteiger partial charge >= 0.3 is 5.97 Å². The van der Waals surface area contributed by atoms with Gasteiger partial charge in [-0.3, -0.25) is 4.99 Å². The lowest BCUT2D eigenvalue weighted by molar-refractivity contribution is -0.136. The van der Waals surface area contributed by atoms with Crippen molar-refractivity contribution >= 4 is 39.1 Å². The molecule has 0 spiro atoms. The molecule has 1 N–H and O–H groups in total. The fourth-order valence-electron chi connectivity index (χ4n) is 2.79. The number of esters is 1. The maximum Gasteiger partial charge on any atom is 0.338 e. The second-order valence-electron chi connectivity index (χ2n) is 5.82. The molecule has 8 heteroatoms. The summed E-state index contributed by atoms with van der Waals surface area (Å²) in [4.78, 5) is 21.6. The van der Waals surface area contributed by atoms with Crippen LogP contribution >= 0.6 is 27.3 Å². The van der Waals surface area contributed by atoms with E-state index in [0.717, 1.165) is 16.3 Å². The highest BCUT2D eigenvalue weighted by molar-refractivity contribution is 9.09. The molecule has 0 bridgehead atoms. The number of hydrogen-bond donors (Lipinski definition) is 1. The van der Waals surface area contributed by atoms with Crippen molar-refractivity contribution in [3.63, 3.8) is 0 Å². The summed E-state index contributed by atoms with van der Waals surface area (Å²) in [5, 5.41) is 6.27. The van der Waals surface area contributed by atoms with Crippen LogP contribution in [-0.4, -0.2) is 29.2 Å². The molecule has 2 aromatic rings. The lowest BCUT2D eigenvalue weighted by Gasteiger charge is -2.27. The highest BCUT2D eigenvalue weighted by atomic mass is 79.9. The number of hydrogen-bond acceptors (Lipinski definition) is 6. The molecule has 1 aromatic heterocycles. The van der Waals surface area contributed by atoms with Gasteiger partial charge in [-0.15, -0.1) is 11.3 Å². The van der Waals surface area contributed by atoms with E-state index in [2.05, 4.69) is 26.2 Å². The van der Waals surface area contributed by atoms with Crippen molar-refractivity contribution in [2.24, 2.45) is 4.99 Å². The molecule has 0 aliphatic carbocycles. The quantitative estimate of drug-likeness (QED) is 0.583. The maximum absolute atomic E-state index is 13.6. The molecule has 1 unspecified atom stereocenters. The molecule has 1 atom stereocenters. The summed E-state index contributed by atoms with van der Waals surface area (Å²) in [6, 6.07) is 3.86. The van der Waals surface area contributed by atoms with Crippen molar-refractivity contribution in [2.45, 2.75) is 19.9 Å². The number of benzene rings is 1. The molecule has 0 amide bonds. The summed E-state index contributed by atoms with van der Waals surface area (Å²) in [5.74, 6) is -0.220. The first kappa shape index (κ1) is 18.7. The lowest BCUT2D eigenvalue weighted by Crippen LogP contribution is -2.34. The number of carbonyl (C=O) groups is 1. The Bertz CT molecular complexity index is 923. The number of nitrogens with zero attached hydrogens (tertiary/aromatic N) is 2. The number of aliphatic imine (C=N–C) groups is 1. The number of methoxy groups -OCH3 is 1. The minimum absolute atomic E-state index is 0.329. The summed E-state index contributed by atoms with van der Waals surface area (Å²) < 4.78 is 18.5. The summed E-state index contributed by atoms with van der Waals surface area (Å²) in [6.45, 7) is 3.71. The van der Waals surface area contributed by atoms with E-state index in [1.165, 1.54) is 30.6 Å². The Morgan fingerprint density at radius 2 is 2.19 bits per heavy atom. The third-order valence-electron chi connectivity index (χ3n) is 4.01. The van der Waals surface area contributed by atoms with E-state index >= 15 is 0 Å². The van der Waals surface area contributed by atoms with Crippen LogP contribution in [0, 0.1) is 19.7 Å². The largest absolute Gasteiger partial charge is 0.466 e. The van der Waals surface area contributed by atoms with E-state index in [9.17, 15) is 9.18 Å². The fourth-order valence-corrected chi connectivity index (χ4v) is 3.98. The highest BCUT2D eigenvalue weighted by Gasteiger charge is 2.33. The van der Waals surface area contributed by atoms with Crippen LogP contribution in [0.5, 0.6) is 0 Å². The van der Waals surface area contributed by atoms with Crippen LogP contribution in [-0.2, 0) is 9.53 Å².